The second kappa shape index (κ2) is 6.10. The number of hydrogen-bond donors (Lipinski definition) is 0. The first-order chi connectivity index (χ1) is 11.7. The van der Waals surface area contributed by atoms with E-state index in [0.717, 1.165) is 16.0 Å². The normalized spacial score (nSPS) is 11.0. The Morgan fingerprint density at radius 2 is 1.88 bits per heavy atom. The molecule has 0 aliphatic rings. The molecule has 0 aliphatic carbocycles. The summed E-state index contributed by atoms with van der Waals surface area (Å²) in [4.78, 5) is 12.5. The summed E-state index contributed by atoms with van der Waals surface area (Å²) in [6.07, 6.45) is 0. The molecule has 0 unspecified atom stereocenters. The van der Waals surface area contributed by atoms with Gasteiger partial charge in [-0.15, -0.1) is 5.10 Å². The van der Waals surface area contributed by atoms with Crippen LogP contribution in [0.4, 0.5) is 0 Å². The van der Waals surface area contributed by atoms with E-state index in [9.17, 15) is 4.79 Å². The van der Waals surface area contributed by atoms with E-state index in [1.165, 1.54) is 17.8 Å². The maximum absolute atomic E-state index is 11.8. The highest BCUT2D eigenvalue weighted by Gasteiger charge is 2.13. The largest absolute Gasteiger partial charge is 0.423 e. The molecule has 8 heteroatoms. The highest BCUT2D eigenvalue weighted by molar-refractivity contribution is 7.99. The fourth-order valence-electron chi connectivity index (χ4n) is 2.25. The number of benzene rings is 2. The Kier molecular flexibility index (Phi) is 3.79. The van der Waals surface area contributed by atoms with Crippen LogP contribution in [-0.2, 0) is 0 Å². The average Bonchev–Trinajstić information content (AvgIpc) is 3.03. The Morgan fingerprint density at radius 1 is 1.08 bits per heavy atom. The summed E-state index contributed by atoms with van der Waals surface area (Å²) < 4.78 is 6.80. The van der Waals surface area contributed by atoms with E-state index in [1.807, 2.05) is 30.3 Å². The third-order valence-corrected chi connectivity index (χ3v) is 4.57. The first-order valence-electron chi connectivity index (χ1n) is 6.96. The van der Waals surface area contributed by atoms with Crippen LogP contribution in [-0.4, -0.2) is 20.2 Å². The van der Waals surface area contributed by atoms with Gasteiger partial charge in [0.05, 0.1) is 5.69 Å². The molecule has 0 aliphatic heterocycles. The predicted octanol–water partition coefficient (Wildman–Crippen LogP) is 3.57. The van der Waals surface area contributed by atoms with E-state index in [1.54, 1.807) is 22.9 Å². The number of aromatic nitrogens is 4. The van der Waals surface area contributed by atoms with Crippen molar-refractivity contribution in [1.82, 2.24) is 20.2 Å². The molecule has 118 valence electrons. The molecule has 0 saturated carbocycles. The maximum atomic E-state index is 11.8. The smallest absolute Gasteiger partial charge is 0.337 e. The van der Waals surface area contributed by atoms with Gasteiger partial charge in [0.2, 0.25) is 5.16 Å². The van der Waals surface area contributed by atoms with Crippen LogP contribution < -0.4 is 5.63 Å². The summed E-state index contributed by atoms with van der Waals surface area (Å²) >= 11 is 7.21. The van der Waals surface area contributed by atoms with Gasteiger partial charge in [0.1, 0.15) is 5.58 Å². The van der Waals surface area contributed by atoms with Gasteiger partial charge in [-0.3, -0.25) is 0 Å². The van der Waals surface area contributed by atoms with Gasteiger partial charge >= 0.3 is 5.63 Å². The van der Waals surface area contributed by atoms with E-state index >= 15 is 0 Å². The summed E-state index contributed by atoms with van der Waals surface area (Å²) in [6.45, 7) is 0. The molecule has 2 aromatic carbocycles. The van der Waals surface area contributed by atoms with Gasteiger partial charge in [-0.2, -0.15) is 4.68 Å². The summed E-state index contributed by atoms with van der Waals surface area (Å²) in [7, 11) is 0. The Bertz CT molecular complexity index is 1080. The maximum Gasteiger partial charge on any atom is 0.337 e. The molecule has 0 saturated heterocycles. The molecule has 0 bridgehead atoms. The number of tetrazole rings is 1. The minimum atomic E-state index is -0.415. The zero-order valence-electron chi connectivity index (χ0n) is 12.1. The number of nitrogens with zero attached hydrogens (tertiary/aromatic N) is 4. The molecule has 0 spiro atoms. The summed E-state index contributed by atoms with van der Waals surface area (Å²) in [5.41, 5.74) is 0.888. The van der Waals surface area contributed by atoms with Crippen molar-refractivity contribution in [2.24, 2.45) is 0 Å². The lowest BCUT2D eigenvalue weighted by molar-refractivity contribution is 0.557. The number of para-hydroxylation sites is 1. The highest BCUT2D eigenvalue weighted by atomic mass is 35.5. The van der Waals surface area contributed by atoms with Crippen molar-refractivity contribution in [2.45, 2.75) is 10.1 Å². The molecule has 0 N–H and O–H groups in total. The van der Waals surface area contributed by atoms with E-state index in [2.05, 4.69) is 15.5 Å². The zero-order chi connectivity index (χ0) is 16.5. The Labute approximate surface area is 145 Å². The Hall–Kier alpha value is -2.64. The number of fused-ring (bicyclic) bond motifs is 1. The molecule has 2 heterocycles. The van der Waals surface area contributed by atoms with Crippen LogP contribution >= 0.6 is 23.4 Å². The molecular formula is C16H9ClN4O2S. The number of hydrogen-bond acceptors (Lipinski definition) is 6. The predicted molar refractivity (Wildman–Crippen MR) is 90.8 cm³/mol. The molecule has 0 fully saturated rings. The molecule has 4 rings (SSSR count). The van der Waals surface area contributed by atoms with Gasteiger partial charge in [-0.1, -0.05) is 29.8 Å². The third-order valence-electron chi connectivity index (χ3n) is 3.33. The zero-order valence-corrected chi connectivity index (χ0v) is 13.7. The van der Waals surface area contributed by atoms with Crippen LogP contribution in [0.3, 0.4) is 0 Å². The van der Waals surface area contributed by atoms with E-state index in [-0.39, 0.29) is 0 Å². The molecule has 0 radical (unpaired) electrons. The average molecular weight is 357 g/mol. The van der Waals surface area contributed by atoms with Crippen LogP contribution in [0.1, 0.15) is 0 Å². The summed E-state index contributed by atoms with van der Waals surface area (Å²) in [5, 5.41) is 13.8. The second-order valence-electron chi connectivity index (χ2n) is 4.88. The molecule has 6 nitrogen and oxygen atoms in total. The lowest BCUT2D eigenvalue weighted by atomic mass is 10.2. The van der Waals surface area contributed by atoms with E-state index < -0.39 is 5.63 Å². The van der Waals surface area contributed by atoms with Gasteiger partial charge in [0.15, 0.2) is 0 Å². The van der Waals surface area contributed by atoms with Crippen molar-refractivity contribution in [3.05, 3.63) is 70.0 Å². The van der Waals surface area contributed by atoms with Crippen molar-refractivity contribution in [2.75, 3.05) is 0 Å². The SMILES string of the molecule is O=c1cc(Sc2nnnn2-c2ccc(Cl)cc2)c2ccccc2o1. The Balaban J connectivity index is 1.79. The van der Waals surface area contributed by atoms with Gasteiger partial charge in [0, 0.05) is 21.4 Å². The van der Waals surface area contributed by atoms with Crippen LogP contribution in [0, 0.1) is 0 Å². The van der Waals surface area contributed by atoms with Gasteiger partial charge in [-0.25, -0.2) is 4.79 Å². The highest BCUT2D eigenvalue weighted by Crippen LogP contribution is 2.31. The first-order valence-corrected chi connectivity index (χ1v) is 8.15. The van der Waals surface area contributed by atoms with Crippen molar-refractivity contribution < 1.29 is 4.42 Å². The fourth-order valence-corrected chi connectivity index (χ4v) is 3.31. The molecule has 24 heavy (non-hydrogen) atoms. The summed E-state index contributed by atoms with van der Waals surface area (Å²) in [6, 6.07) is 15.9. The van der Waals surface area contributed by atoms with Gasteiger partial charge in [0.25, 0.3) is 0 Å². The molecule has 2 aromatic heterocycles. The van der Waals surface area contributed by atoms with Crippen LogP contribution in [0.5, 0.6) is 0 Å². The Morgan fingerprint density at radius 3 is 2.71 bits per heavy atom. The van der Waals surface area contributed by atoms with Crippen LogP contribution in [0.15, 0.2) is 73.9 Å². The minimum absolute atomic E-state index is 0.415. The van der Waals surface area contributed by atoms with E-state index in [0.29, 0.717) is 15.8 Å². The lowest BCUT2D eigenvalue weighted by Gasteiger charge is -2.06. The van der Waals surface area contributed by atoms with Crippen molar-refractivity contribution in [1.29, 1.82) is 0 Å². The third kappa shape index (κ3) is 2.79. The quantitative estimate of drug-likeness (QED) is 0.522. The molecule has 0 atom stereocenters. The lowest BCUT2D eigenvalue weighted by Crippen LogP contribution is -2.00. The van der Waals surface area contributed by atoms with Crippen LogP contribution in [0.2, 0.25) is 5.02 Å². The standard InChI is InChI=1S/C16H9ClN4O2S/c17-10-5-7-11(8-6-10)21-16(18-19-20-21)24-14-9-15(22)23-13-4-2-1-3-12(13)14/h1-9H. The fraction of sp³-hybridized carbons (Fsp3) is 0. The van der Waals surface area contributed by atoms with E-state index in [4.69, 9.17) is 16.0 Å². The van der Waals surface area contributed by atoms with Crippen molar-refractivity contribution in [3.63, 3.8) is 0 Å². The monoisotopic (exact) mass is 356 g/mol. The second-order valence-corrected chi connectivity index (χ2v) is 6.32. The van der Waals surface area contributed by atoms with Crippen molar-refractivity contribution >= 4 is 34.3 Å². The molecular weight excluding hydrogens is 348 g/mol. The van der Waals surface area contributed by atoms with Crippen molar-refractivity contribution in [3.8, 4) is 5.69 Å². The number of rotatable bonds is 3. The minimum Gasteiger partial charge on any atom is -0.423 e. The van der Waals surface area contributed by atoms with Gasteiger partial charge < -0.3 is 4.42 Å². The number of halogens is 1. The topological polar surface area (TPSA) is 73.8 Å². The molecule has 0 amide bonds. The van der Waals surface area contributed by atoms with Crippen LogP contribution in [0.25, 0.3) is 16.7 Å². The summed E-state index contributed by atoms with van der Waals surface area (Å²) in [5.74, 6) is 0. The molecule has 4 aromatic rings. The van der Waals surface area contributed by atoms with Gasteiger partial charge in [-0.05, 0) is 52.5 Å². The first kappa shape index (κ1) is 14.9.